The Bertz CT molecular complexity index is 275. The van der Waals surface area contributed by atoms with E-state index in [1.54, 1.807) is 11.9 Å². The summed E-state index contributed by atoms with van der Waals surface area (Å²) in [4.78, 5) is 26.1. The fourth-order valence-corrected chi connectivity index (χ4v) is 2.00. The molecule has 0 aromatic heterocycles. The van der Waals surface area contributed by atoms with Crippen molar-refractivity contribution in [3.63, 3.8) is 0 Å². The molecule has 15 heavy (non-hydrogen) atoms. The second-order valence-electron chi connectivity index (χ2n) is 3.75. The molecule has 2 heterocycles. The van der Waals surface area contributed by atoms with E-state index in [2.05, 4.69) is 0 Å². The number of rotatable bonds is 0. The highest BCUT2D eigenvalue weighted by Crippen LogP contribution is 2.21. The van der Waals surface area contributed by atoms with Crippen LogP contribution < -0.4 is 5.73 Å². The van der Waals surface area contributed by atoms with E-state index in [1.165, 1.54) is 4.90 Å². The third kappa shape index (κ3) is 2.35. The quantitative estimate of drug-likeness (QED) is 0.619. The normalized spacial score (nSPS) is 29.5. The highest BCUT2D eigenvalue weighted by atomic mass is 35.5. The molecule has 0 radical (unpaired) electrons. The minimum Gasteiger partial charge on any atom is -0.335 e. The molecule has 2 N–H and O–H groups in total. The van der Waals surface area contributed by atoms with Gasteiger partial charge in [0.05, 0.1) is 6.54 Å². The van der Waals surface area contributed by atoms with Crippen LogP contribution in [0.5, 0.6) is 0 Å². The maximum absolute atomic E-state index is 11.6. The maximum Gasteiger partial charge on any atom is 0.245 e. The minimum absolute atomic E-state index is 0. The van der Waals surface area contributed by atoms with E-state index in [9.17, 15) is 9.59 Å². The summed E-state index contributed by atoms with van der Waals surface area (Å²) >= 11 is 0. The smallest absolute Gasteiger partial charge is 0.245 e. The lowest BCUT2D eigenvalue weighted by Gasteiger charge is -2.33. The lowest BCUT2D eigenvalue weighted by atomic mass is 10.1. The predicted molar refractivity (Wildman–Crippen MR) is 60.2 cm³/mol. The summed E-state index contributed by atoms with van der Waals surface area (Å²) in [6.45, 7) is 0.727. The molecule has 0 saturated carbocycles. The number of hydrogen-bond acceptors (Lipinski definition) is 3. The summed E-state index contributed by atoms with van der Waals surface area (Å²) in [5.41, 5.74) is 5.70. The molecule has 0 aromatic rings. The number of piperazine rings is 1. The van der Waals surface area contributed by atoms with E-state index in [4.69, 9.17) is 5.73 Å². The standard InChI is InChI=1S/C8H13N3O2.2ClH/c1-10-4-7(12)11-3-5(9)2-6(11)8(10)13;;/h5-6H,2-4,9H2,1H3;2*1H/t5-,6+;;/m1../s1. The molecule has 0 unspecified atom stereocenters. The molecule has 2 amide bonds. The second kappa shape index (κ2) is 5.01. The van der Waals surface area contributed by atoms with Gasteiger partial charge in [0.1, 0.15) is 6.04 Å². The van der Waals surface area contributed by atoms with Crippen molar-refractivity contribution in [2.24, 2.45) is 5.73 Å². The van der Waals surface area contributed by atoms with E-state index in [-0.39, 0.29) is 55.3 Å². The lowest BCUT2D eigenvalue weighted by Crippen LogP contribution is -2.55. The molecule has 0 bridgehead atoms. The molecule has 88 valence electrons. The van der Waals surface area contributed by atoms with Gasteiger partial charge in [-0.1, -0.05) is 0 Å². The minimum atomic E-state index is -0.291. The van der Waals surface area contributed by atoms with Crippen LogP contribution in [0.15, 0.2) is 0 Å². The number of likely N-dealkylation sites (N-methyl/N-ethyl adjacent to an activating group) is 1. The van der Waals surface area contributed by atoms with Crippen molar-refractivity contribution in [2.45, 2.75) is 18.5 Å². The van der Waals surface area contributed by atoms with Crippen LogP contribution in [0, 0.1) is 0 Å². The van der Waals surface area contributed by atoms with Crippen LogP contribution in [-0.2, 0) is 9.59 Å². The molecular weight excluding hydrogens is 241 g/mol. The zero-order valence-corrected chi connectivity index (χ0v) is 10.0. The van der Waals surface area contributed by atoms with Gasteiger partial charge in [-0.3, -0.25) is 9.59 Å². The molecule has 0 aliphatic carbocycles. The number of amides is 2. The van der Waals surface area contributed by atoms with E-state index < -0.39 is 0 Å². The molecule has 2 atom stereocenters. The van der Waals surface area contributed by atoms with Gasteiger partial charge in [0.15, 0.2) is 0 Å². The molecule has 2 rings (SSSR count). The van der Waals surface area contributed by atoms with Crippen molar-refractivity contribution in [1.29, 1.82) is 0 Å². The summed E-state index contributed by atoms with van der Waals surface area (Å²) in [7, 11) is 1.65. The van der Waals surface area contributed by atoms with Gasteiger partial charge < -0.3 is 15.5 Å². The van der Waals surface area contributed by atoms with E-state index >= 15 is 0 Å². The molecule has 2 aliphatic heterocycles. The first kappa shape index (κ1) is 14.5. The third-order valence-corrected chi connectivity index (χ3v) is 2.69. The number of hydrogen-bond donors (Lipinski definition) is 1. The van der Waals surface area contributed by atoms with Crippen LogP contribution in [0.25, 0.3) is 0 Å². The highest BCUT2D eigenvalue weighted by molar-refractivity contribution is 5.95. The number of halogens is 2. The fraction of sp³-hybridized carbons (Fsp3) is 0.750. The Kier molecular flexibility index (Phi) is 4.83. The van der Waals surface area contributed by atoms with Crippen LogP contribution in [0.3, 0.4) is 0 Å². The Labute approximate surface area is 101 Å². The van der Waals surface area contributed by atoms with Gasteiger partial charge in [-0.15, -0.1) is 24.8 Å². The Morgan fingerprint density at radius 2 is 1.93 bits per heavy atom. The maximum atomic E-state index is 11.6. The topological polar surface area (TPSA) is 66.6 Å². The van der Waals surface area contributed by atoms with E-state index in [1.807, 2.05) is 0 Å². The summed E-state index contributed by atoms with van der Waals surface area (Å²) in [5.74, 6) is 0.0348. The van der Waals surface area contributed by atoms with Crippen molar-refractivity contribution in [1.82, 2.24) is 9.80 Å². The Balaban J connectivity index is 0.000000980. The summed E-state index contributed by atoms with van der Waals surface area (Å²) < 4.78 is 0. The molecule has 0 spiro atoms. The first-order valence-corrected chi connectivity index (χ1v) is 4.39. The summed E-state index contributed by atoms with van der Waals surface area (Å²) in [5, 5.41) is 0. The van der Waals surface area contributed by atoms with Gasteiger partial charge in [0, 0.05) is 19.6 Å². The SMILES string of the molecule is CN1CC(=O)N2C[C@H](N)C[C@H]2C1=O.Cl.Cl. The lowest BCUT2D eigenvalue weighted by molar-refractivity contribution is -0.152. The number of carbonyl (C=O) groups excluding carboxylic acids is 2. The Hall–Kier alpha value is -0.520. The van der Waals surface area contributed by atoms with Crippen LogP contribution in [0.2, 0.25) is 0 Å². The molecule has 2 saturated heterocycles. The van der Waals surface area contributed by atoms with Crippen LogP contribution >= 0.6 is 24.8 Å². The van der Waals surface area contributed by atoms with Crippen molar-refractivity contribution in [3.05, 3.63) is 0 Å². The van der Waals surface area contributed by atoms with Gasteiger partial charge in [-0.25, -0.2) is 0 Å². The van der Waals surface area contributed by atoms with E-state index in [0.29, 0.717) is 13.0 Å². The zero-order valence-electron chi connectivity index (χ0n) is 8.38. The van der Waals surface area contributed by atoms with Crippen LogP contribution in [-0.4, -0.2) is 53.8 Å². The Morgan fingerprint density at radius 1 is 1.33 bits per heavy atom. The van der Waals surface area contributed by atoms with Crippen LogP contribution in [0.4, 0.5) is 0 Å². The average molecular weight is 256 g/mol. The zero-order chi connectivity index (χ0) is 9.59. The Morgan fingerprint density at radius 3 is 2.53 bits per heavy atom. The molecule has 2 fully saturated rings. The first-order chi connectivity index (χ1) is 6.09. The van der Waals surface area contributed by atoms with Crippen molar-refractivity contribution < 1.29 is 9.59 Å². The third-order valence-electron chi connectivity index (χ3n) is 2.69. The van der Waals surface area contributed by atoms with Gasteiger partial charge in [-0.05, 0) is 6.42 Å². The van der Waals surface area contributed by atoms with Crippen LogP contribution in [0.1, 0.15) is 6.42 Å². The monoisotopic (exact) mass is 255 g/mol. The van der Waals surface area contributed by atoms with Gasteiger partial charge >= 0.3 is 0 Å². The molecular formula is C8H15Cl2N3O2. The predicted octanol–water partition coefficient (Wildman–Crippen LogP) is -0.770. The highest BCUT2D eigenvalue weighted by Gasteiger charge is 2.43. The number of carbonyl (C=O) groups is 2. The molecule has 2 aliphatic rings. The summed E-state index contributed by atoms with van der Waals surface area (Å²) in [6.07, 6.45) is 0.606. The first-order valence-electron chi connectivity index (χ1n) is 4.39. The second-order valence-corrected chi connectivity index (χ2v) is 3.75. The number of nitrogens with zero attached hydrogens (tertiary/aromatic N) is 2. The molecule has 7 heteroatoms. The van der Waals surface area contributed by atoms with Crippen molar-refractivity contribution >= 4 is 36.6 Å². The largest absolute Gasteiger partial charge is 0.335 e. The van der Waals surface area contributed by atoms with Gasteiger partial charge in [0.25, 0.3) is 0 Å². The van der Waals surface area contributed by atoms with E-state index in [0.717, 1.165) is 0 Å². The van der Waals surface area contributed by atoms with Gasteiger partial charge in [0.2, 0.25) is 11.8 Å². The molecule has 0 aromatic carbocycles. The molecule has 5 nitrogen and oxygen atoms in total. The number of nitrogens with two attached hydrogens (primary N) is 1. The summed E-state index contributed by atoms with van der Waals surface area (Å²) in [6, 6.07) is -0.328. The van der Waals surface area contributed by atoms with Crippen molar-refractivity contribution in [3.8, 4) is 0 Å². The van der Waals surface area contributed by atoms with Crippen molar-refractivity contribution in [2.75, 3.05) is 20.1 Å². The average Bonchev–Trinajstić information content (AvgIpc) is 2.44. The fourth-order valence-electron chi connectivity index (χ4n) is 2.00. The number of fused-ring (bicyclic) bond motifs is 1. The van der Waals surface area contributed by atoms with Gasteiger partial charge in [-0.2, -0.15) is 0 Å².